The zero-order valence-electron chi connectivity index (χ0n) is 14.7. The zero-order valence-corrected chi connectivity index (χ0v) is 14.7. The predicted octanol–water partition coefficient (Wildman–Crippen LogP) is 2.59. The quantitative estimate of drug-likeness (QED) is 0.784. The second-order valence-corrected chi connectivity index (χ2v) is 7.22. The smallest absolute Gasteiger partial charge is 0.321 e. The van der Waals surface area contributed by atoms with Crippen LogP contribution in [0, 0.1) is 0 Å². The van der Waals surface area contributed by atoms with Crippen molar-refractivity contribution in [1.82, 2.24) is 10.2 Å². The van der Waals surface area contributed by atoms with Gasteiger partial charge in [-0.05, 0) is 43.4 Å². The molecule has 2 fully saturated rings. The lowest BCUT2D eigenvalue weighted by molar-refractivity contribution is -0.127. The third-order valence-electron chi connectivity index (χ3n) is 5.22. The topological polar surface area (TPSA) is 87.5 Å². The Kier molecular flexibility index (Phi) is 5.58. The summed E-state index contributed by atoms with van der Waals surface area (Å²) in [5.74, 6) is -0.0706. The number of nitrogens with one attached hydrogen (secondary N) is 2. The summed E-state index contributed by atoms with van der Waals surface area (Å²) in [6.07, 6.45) is 6.84. The summed E-state index contributed by atoms with van der Waals surface area (Å²) >= 11 is 0. The van der Waals surface area contributed by atoms with Gasteiger partial charge in [-0.3, -0.25) is 4.79 Å². The molecule has 6 heteroatoms. The largest absolute Gasteiger partial charge is 0.350 e. The van der Waals surface area contributed by atoms with Gasteiger partial charge in [0.1, 0.15) is 0 Å². The number of carbonyl (C=O) groups is 2. The van der Waals surface area contributed by atoms with Crippen molar-refractivity contribution in [2.75, 3.05) is 18.4 Å². The highest BCUT2D eigenvalue weighted by atomic mass is 16.2. The number of anilines is 1. The molecule has 0 radical (unpaired) electrons. The van der Waals surface area contributed by atoms with Gasteiger partial charge in [-0.1, -0.05) is 31.4 Å². The Morgan fingerprint density at radius 1 is 1.08 bits per heavy atom. The molecule has 1 aromatic carbocycles. The molecule has 25 heavy (non-hydrogen) atoms. The van der Waals surface area contributed by atoms with Crippen LogP contribution in [0.25, 0.3) is 0 Å². The van der Waals surface area contributed by atoms with E-state index in [1.165, 1.54) is 0 Å². The maximum Gasteiger partial charge on any atom is 0.321 e. The molecule has 4 N–H and O–H groups in total. The SMILES string of the molecule is NC1(C(=O)NCc2cccc(NC(=O)N3CCCC3)c2)CCCCC1. The van der Waals surface area contributed by atoms with E-state index in [1.807, 2.05) is 29.2 Å². The maximum atomic E-state index is 12.4. The predicted molar refractivity (Wildman–Crippen MR) is 98.1 cm³/mol. The molecule has 136 valence electrons. The minimum absolute atomic E-state index is 0.0539. The molecule has 1 saturated carbocycles. The Morgan fingerprint density at radius 3 is 2.52 bits per heavy atom. The molecule has 0 atom stereocenters. The fourth-order valence-corrected chi connectivity index (χ4v) is 3.65. The Morgan fingerprint density at radius 2 is 1.80 bits per heavy atom. The molecule has 6 nitrogen and oxygen atoms in total. The van der Waals surface area contributed by atoms with Crippen LogP contribution in [0.1, 0.15) is 50.5 Å². The average molecular weight is 344 g/mol. The molecule has 1 aromatic rings. The molecule has 1 heterocycles. The number of rotatable bonds is 4. The molecule has 3 rings (SSSR count). The third kappa shape index (κ3) is 4.51. The first kappa shape index (κ1) is 17.7. The molecule has 0 unspecified atom stereocenters. The zero-order chi connectivity index (χ0) is 17.7. The number of hydrogen-bond acceptors (Lipinski definition) is 3. The van der Waals surface area contributed by atoms with E-state index in [4.69, 9.17) is 5.73 Å². The summed E-state index contributed by atoms with van der Waals surface area (Å²) < 4.78 is 0. The van der Waals surface area contributed by atoms with Gasteiger partial charge in [0.2, 0.25) is 5.91 Å². The highest BCUT2D eigenvalue weighted by Gasteiger charge is 2.34. The normalized spacial score (nSPS) is 19.5. The summed E-state index contributed by atoms with van der Waals surface area (Å²) in [4.78, 5) is 26.4. The van der Waals surface area contributed by atoms with Crippen LogP contribution in [0.5, 0.6) is 0 Å². The molecule has 1 aliphatic heterocycles. The van der Waals surface area contributed by atoms with Crippen LogP contribution in [-0.4, -0.2) is 35.5 Å². The van der Waals surface area contributed by atoms with E-state index in [9.17, 15) is 9.59 Å². The summed E-state index contributed by atoms with van der Waals surface area (Å²) in [6.45, 7) is 2.06. The van der Waals surface area contributed by atoms with Crippen molar-refractivity contribution >= 4 is 17.6 Å². The third-order valence-corrected chi connectivity index (χ3v) is 5.22. The molecule has 1 saturated heterocycles. The lowest BCUT2D eigenvalue weighted by Gasteiger charge is -2.31. The van der Waals surface area contributed by atoms with Gasteiger partial charge in [-0.25, -0.2) is 4.79 Å². The molecule has 3 amide bonds. The Balaban J connectivity index is 1.54. The van der Waals surface area contributed by atoms with E-state index < -0.39 is 5.54 Å². The van der Waals surface area contributed by atoms with E-state index >= 15 is 0 Å². The number of hydrogen-bond donors (Lipinski definition) is 3. The van der Waals surface area contributed by atoms with Gasteiger partial charge in [-0.2, -0.15) is 0 Å². The summed E-state index contributed by atoms with van der Waals surface area (Å²) in [7, 11) is 0. The second-order valence-electron chi connectivity index (χ2n) is 7.22. The Bertz CT molecular complexity index is 620. The molecule has 1 aliphatic carbocycles. The van der Waals surface area contributed by atoms with E-state index in [-0.39, 0.29) is 11.9 Å². The Labute approximate surface area is 149 Å². The Hall–Kier alpha value is -2.08. The summed E-state index contributed by atoms with van der Waals surface area (Å²) in [5, 5.41) is 5.89. The number of nitrogens with two attached hydrogens (primary N) is 1. The standard InChI is InChI=1S/C19H28N4O2/c20-19(9-2-1-3-10-19)17(24)21-14-15-7-6-8-16(13-15)22-18(25)23-11-4-5-12-23/h6-8,13H,1-5,9-12,14,20H2,(H,21,24)(H,22,25). The van der Waals surface area contributed by atoms with Gasteiger partial charge in [0.25, 0.3) is 0 Å². The minimum Gasteiger partial charge on any atom is -0.350 e. The number of likely N-dealkylation sites (tertiary alicyclic amines) is 1. The molecule has 2 aliphatic rings. The highest BCUT2D eigenvalue weighted by Crippen LogP contribution is 2.26. The number of carbonyl (C=O) groups excluding carboxylic acids is 2. The van der Waals surface area contributed by atoms with Gasteiger partial charge < -0.3 is 21.3 Å². The molecule has 0 aromatic heterocycles. The van der Waals surface area contributed by atoms with Crippen LogP contribution in [0.3, 0.4) is 0 Å². The van der Waals surface area contributed by atoms with Crippen molar-refractivity contribution in [2.45, 2.75) is 57.0 Å². The average Bonchev–Trinajstić information content (AvgIpc) is 3.15. The second kappa shape index (κ2) is 7.87. The van der Waals surface area contributed by atoms with Crippen LogP contribution < -0.4 is 16.4 Å². The van der Waals surface area contributed by atoms with Crippen LogP contribution in [0.4, 0.5) is 10.5 Å². The number of nitrogens with zero attached hydrogens (tertiary/aromatic N) is 1. The first-order chi connectivity index (χ1) is 12.1. The maximum absolute atomic E-state index is 12.4. The van der Waals surface area contributed by atoms with Crippen molar-refractivity contribution in [3.63, 3.8) is 0 Å². The van der Waals surface area contributed by atoms with Crippen molar-refractivity contribution in [3.8, 4) is 0 Å². The minimum atomic E-state index is -0.722. The van der Waals surface area contributed by atoms with Crippen LogP contribution in [0.2, 0.25) is 0 Å². The fraction of sp³-hybridized carbons (Fsp3) is 0.579. The number of amides is 3. The van der Waals surface area contributed by atoms with Crippen molar-refractivity contribution in [3.05, 3.63) is 29.8 Å². The monoisotopic (exact) mass is 344 g/mol. The van der Waals surface area contributed by atoms with Crippen molar-refractivity contribution in [2.24, 2.45) is 5.73 Å². The number of urea groups is 1. The van der Waals surface area contributed by atoms with Gasteiger partial charge >= 0.3 is 6.03 Å². The molecular formula is C19H28N4O2. The summed E-state index contributed by atoms with van der Waals surface area (Å²) in [5.41, 5.74) is 7.24. The first-order valence-electron chi connectivity index (χ1n) is 9.29. The lowest BCUT2D eigenvalue weighted by atomic mass is 9.82. The molecular weight excluding hydrogens is 316 g/mol. The van der Waals surface area contributed by atoms with Crippen molar-refractivity contribution in [1.29, 1.82) is 0 Å². The summed E-state index contributed by atoms with van der Waals surface area (Å²) in [6, 6.07) is 7.54. The molecule has 0 bridgehead atoms. The van der Waals surface area contributed by atoms with E-state index in [0.29, 0.717) is 6.54 Å². The molecule has 0 spiro atoms. The van der Waals surface area contributed by atoms with E-state index in [1.54, 1.807) is 0 Å². The van der Waals surface area contributed by atoms with Crippen LogP contribution in [0.15, 0.2) is 24.3 Å². The van der Waals surface area contributed by atoms with Gasteiger partial charge in [0.15, 0.2) is 0 Å². The van der Waals surface area contributed by atoms with Crippen LogP contribution in [-0.2, 0) is 11.3 Å². The fourth-order valence-electron chi connectivity index (χ4n) is 3.65. The van der Waals surface area contributed by atoms with Crippen LogP contribution >= 0.6 is 0 Å². The van der Waals surface area contributed by atoms with Gasteiger partial charge in [0, 0.05) is 25.3 Å². The van der Waals surface area contributed by atoms with E-state index in [0.717, 1.165) is 69.3 Å². The lowest BCUT2D eigenvalue weighted by Crippen LogP contribution is -2.54. The van der Waals surface area contributed by atoms with Gasteiger partial charge in [0.05, 0.1) is 5.54 Å². The van der Waals surface area contributed by atoms with Crippen molar-refractivity contribution < 1.29 is 9.59 Å². The van der Waals surface area contributed by atoms with Gasteiger partial charge in [-0.15, -0.1) is 0 Å². The number of benzene rings is 1. The highest BCUT2D eigenvalue weighted by molar-refractivity contribution is 5.89. The first-order valence-corrected chi connectivity index (χ1v) is 9.29. The van der Waals surface area contributed by atoms with E-state index in [2.05, 4.69) is 10.6 Å².